The van der Waals surface area contributed by atoms with Crippen LogP contribution in [0.1, 0.15) is 43.2 Å². The van der Waals surface area contributed by atoms with Gasteiger partial charge in [0.15, 0.2) is 0 Å². The van der Waals surface area contributed by atoms with Crippen molar-refractivity contribution in [3.8, 4) is 0 Å². The van der Waals surface area contributed by atoms with Crippen LogP contribution in [0.5, 0.6) is 0 Å². The quantitative estimate of drug-likeness (QED) is 0.720. The Morgan fingerprint density at radius 2 is 2.19 bits per heavy atom. The number of aromatic nitrogens is 1. The van der Waals surface area contributed by atoms with Crippen molar-refractivity contribution >= 4 is 15.9 Å². The zero-order valence-corrected chi connectivity index (χ0v) is 13.0. The maximum absolute atomic E-state index is 12.2. The number of hydrogen-bond donors (Lipinski definition) is 2. The highest BCUT2D eigenvalue weighted by molar-refractivity contribution is 7.89. The van der Waals surface area contributed by atoms with Crippen LogP contribution in [0.25, 0.3) is 0 Å². The van der Waals surface area contributed by atoms with Crippen LogP contribution >= 0.6 is 0 Å². The van der Waals surface area contributed by atoms with Crippen LogP contribution in [0, 0.1) is 0 Å². The molecule has 118 valence electrons. The van der Waals surface area contributed by atoms with Gasteiger partial charge in [0.05, 0.1) is 12.7 Å². The molecule has 3 N–H and O–H groups in total. The van der Waals surface area contributed by atoms with Gasteiger partial charge in [0, 0.05) is 18.8 Å². The van der Waals surface area contributed by atoms with E-state index in [1.54, 1.807) is 4.57 Å². The minimum Gasteiger partial charge on any atom is -0.377 e. The second-order valence-electron chi connectivity index (χ2n) is 5.42. The topological polar surface area (TPSA) is 103 Å². The molecule has 1 amide bonds. The monoisotopic (exact) mass is 315 g/mol. The first-order valence-electron chi connectivity index (χ1n) is 6.93. The standard InChI is InChI=1S/C13H21N3O4S/c1-9(2)20-6-5-15-13(17)12-7-11(21(14,18)19)8-16(12)10-3-4-10/h7-10H,3-6H2,1-2H3,(H,15,17)(H2,14,18,19). The molecular weight excluding hydrogens is 294 g/mol. The first-order chi connectivity index (χ1) is 9.79. The van der Waals surface area contributed by atoms with Crippen molar-refractivity contribution in [2.45, 2.75) is 43.7 Å². The molecule has 7 nitrogen and oxygen atoms in total. The largest absolute Gasteiger partial charge is 0.377 e. The Morgan fingerprint density at radius 1 is 1.52 bits per heavy atom. The molecule has 0 unspecified atom stereocenters. The smallest absolute Gasteiger partial charge is 0.268 e. The van der Waals surface area contributed by atoms with E-state index in [4.69, 9.17) is 9.88 Å². The van der Waals surface area contributed by atoms with Crippen LogP contribution in [-0.4, -0.2) is 38.1 Å². The van der Waals surface area contributed by atoms with E-state index in [0.717, 1.165) is 12.8 Å². The third kappa shape index (κ3) is 4.29. The summed E-state index contributed by atoms with van der Waals surface area (Å²) in [7, 11) is -3.81. The molecule has 0 aromatic carbocycles. The Hall–Kier alpha value is -1.38. The molecule has 1 aliphatic carbocycles. The van der Waals surface area contributed by atoms with Gasteiger partial charge in [-0.05, 0) is 32.8 Å². The molecule has 1 aliphatic rings. The summed E-state index contributed by atoms with van der Waals surface area (Å²) in [4.78, 5) is 12.1. The van der Waals surface area contributed by atoms with Crippen LogP contribution in [0.4, 0.5) is 0 Å². The lowest BCUT2D eigenvalue weighted by atomic mass is 10.4. The van der Waals surface area contributed by atoms with Crippen LogP contribution < -0.4 is 10.5 Å². The highest BCUT2D eigenvalue weighted by atomic mass is 32.2. The molecule has 0 spiro atoms. The normalized spacial score (nSPS) is 15.4. The number of carbonyl (C=O) groups excluding carboxylic acids is 1. The van der Waals surface area contributed by atoms with Crippen molar-refractivity contribution in [3.63, 3.8) is 0 Å². The summed E-state index contributed by atoms with van der Waals surface area (Å²) in [5, 5.41) is 7.84. The summed E-state index contributed by atoms with van der Waals surface area (Å²) in [5.41, 5.74) is 0.325. The summed E-state index contributed by atoms with van der Waals surface area (Å²) in [5.74, 6) is -0.316. The lowest BCUT2D eigenvalue weighted by Gasteiger charge is -2.10. The van der Waals surface area contributed by atoms with E-state index in [2.05, 4.69) is 5.32 Å². The number of primary sulfonamides is 1. The lowest BCUT2D eigenvalue weighted by Crippen LogP contribution is -2.29. The summed E-state index contributed by atoms with van der Waals surface area (Å²) < 4.78 is 29.9. The molecule has 1 heterocycles. The fourth-order valence-electron chi connectivity index (χ4n) is 2.00. The highest BCUT2D eigenvalue weighted by Crippen LogP contribution is 2.37. The van der Waals surface area contributed by atoms with Crippen molar-refractivity contribution in [1.82, 2.24) is 9.88 Å². The number of amides is 1. The minimum atomic E-state index is -3.81. The van der Waals surface area contributed by atoms with Crippen molar-refractivity contribution < 1.29 is 17.9 Å². The minimum absolute atomic E-state index is 0.0296. The van der Waals surface area contributed by atoms with Gasteiger partial charge >= 0.3 is 0 Å². The van der Waals surface area contributed by atoms with Gasteiger partial charge in [0.25, 0.3) is 5.91 Å². The molecule has 0 saturated heterocycles. The lowest BCUT2D eigenvalue weighted by molar-refractivity contribution is 0.0743. The van der Waals surface area contributed by atoms with Crippen LogP contribution in [0.3, 0.4) is 0 Å². The molecule has 8 heteroatoms. The molecule has 1 aromatic rings. The van der Waals surface area contributed by atoms with E-state index in [9.17, 15) is 13.2 Å². The summed E-state index contributed by atoms with van der Waals surface area (Å²) in [6, 6.07) is 1.51. The van der Waals surface area contributed by atoms with E-state index in [1.165, 1.54) is 12.3 Å². The number of carbonyl (C=O) groups is 1. The number of rotatable bonds is 7. The molecule has 0 aliphatic heterocycles. The molecule has 2 rings (SSSR count). The Morgan fingerprint density at radius 3 is 2.71 bits per heavy atom. The van der Waals surface area contributed by atoms with Crippen molar-refractivity contribution in [2.24, 2.45) is 5.14 Å². The number of ether oxygens (including phenoxy) is 1. The first-order valence-corrected chi connectivity index (χ1v) is 8.48. The molecule has 1 aromatic heterocycles. The molecule has 0 atom stereocenters. The van der Waals surface area contributed by atoms with Gasteiger partial charge in [0.2, 0.25) is 10.0 Å². The number of sulfonamides is 1. The van der Waals surface area contributed by atoms with E-state index < -0.39 is 10.0 Å². The average molecular weight is 315 g/mol. The van der Waals surface area contributed by atoms with Gasteiger partial charge in [-0.1, -0.05) is 0 Å². The number of nitrogens with zero attached hydrogens (tertiary/aromatic N) is 1. The zero-order valence-electron chi connectivity index (χ0n) is 12.2. The maximum Gasteiger partial charge on any atom is 0.268 e. The Kier molecular flexibility index (Phi) is 4.70. The average Bonchev–Trinajstić information content (AvgIpc) is 3.11. The number of hydrogen-bond acceptors (Lipinski definition) is 4. The van der Waals surface area contributed by atoms with Gasteiger partial charge in [-0.3, -0.25) is 4.79 Å². The Labute approximate surface area is 124 Å². The first kappa shape index (κ1) is 16.0. The Balaban J connectivity index is 2.07. The molecule has 0 bridgehead atoms. The summed E-state index contributed by atoms with van der Waals surface area (Å²) >= 11 is 0. The summed E-state index contributed by atoms with van der Waals surface area (Å²) in [6.45, 7) is 4.62. The van der Waals surface area contributed by atoms with Crippen molar-refractivity contribution in [3.05, 3.63) is 18.0 Å². The van der Waals surface area contributed by atoms with E-state index in [1.807, 2.05) is 13.8 Å². The number of nitrogens with one attached hydrogen (secondary N) is 1. The van der Waals surface area contributed by atoms with Crippen LogP contribution in [0.2, 0.25) is 0 Å². The molecule has 21 heavy (non-hydrogen) atoms. The van der Waals surface area contributed by atoms with Gasteiger partial charge in [-0.15, -0.1) is 0 Å². The third-order valence-corrected chi connectivity index (χ3v) is 4.04. The van der Waals surface area contributed by atoms with Crippen molar-refractivity contribution in [2.75, 3.05) is 13.2 Å². The predicted molar refractivity (Wildman–Crippen MR) is 77.5 cm³/mol. The molecule has 0 radical (unpaired) electrons. The Bertz CT molecular complexity index is 617. The van der Waals surface area contributed by atoms with E-state index >= 15 is 0 Å². The van der Waals surface area contributed by atoms with Gasteiger partial charge in [0.1, 0.15) is 10.6 Å². The second kappa shape index (κ2) is 6.17. The van der Waals surface area contributed by atoms with E-state index in [0.29, 0.717) is 18.8 Å². The number of nitrogens with two attached hydrogens (primary N) is 1. The SMILES string of the molecule is CC(C)OCCNC(=O)c1cc(S(N)(=O)=O)cn1C1CC1. The fourth-order valence-corrected chi connectivity index (χ4v) is 2.53. The second-order valence-corrected chi connectivity index (χ2v) is 6.98. The predicted octanol–water partition coefficient (Wildman–Crippen LogP) is 0.625. The third-order valence-electron chi connectivity index (χ3n) is 3.16. The molecule has 1 fully saturated rings. The summed E-state index contributed by atoms with van der Waals surface area (Å²) in [6.07, 6.45) is 3.42. The van der Waals surface area contributed by atoms with E-state index in [-0.39, 0.29) is 22.9 Å². The maximum atomic E-state index is 12.2. The van der Waals surface area contributed by atoms with Gasteiger partial charge in [-0.2, -0.15) is 0 Å². The van der Waals surface area contributed by atoms with Crippen LogP contribution in [-0.2, 0) is 14.8 Å². The van der Waals surface area contributed by atoms with Crippen molar-refractivity contribution in [1.29, 1.82) is 0 Å². The van der Waals surface area contributed by atoms with Gasteiger partial charge < -0.3 is 14.6 Å². The van der Waals surface area contributed by atoms with Crippen LogP contribution in [0.15, 0.2) is 17.2 Å². The fraction of sp³-hybridized carbons (Fsp3) is 0.615. The zero-order chi connectivity index (χ0) is 15.6. The highest BCUT2D eigenvalue weighted by Gasteiger charge is 2.29. The molecular formula is C13H21N3O4S. The van der Waals surface area contributed by atoms with Gasteiger partial charge in [-0.25, -0.2) is 13.6 Å². The molecule has 1 saturated carbocycles.